The van der Waals surface area contributed by atoms with E-state index in [2.05, 4.69) is 30.4 Å². The molecule has 208 valence electrons. The molecule has 0 N–H and O–H groups in total. The molecule has 2 aromatic heterocycles. The molecule has 0 bridgehead atoms. The van der Waals surface area contributed by atoms with Gasteiger partial charge in [-0.2, -0.15) is 27.8 Å². The van der Waals surface area contributed by atoms with Crippen LogP contribution in [0.5, 0.6) is 11.5 Å². The molecule has 0 spiro atoms. The molecule has 1 fully saturated rings. The number of hydrogen-bond acceptors (Lipinski definition) is 8. The van der Waals surface area contributed by atoms with Crippen LogP contribution in [0.1, 0.15) is 38.2 Å². The zero-order chi connectivity index (χ0) is 28.4. The molecule has 3 atom stereocenters. The lowest BCUT2D eigenvalue weighted by Gasteiger charge is -2.47. The summed E-state index contributed by atoms with van der Waals surface area (Å²) in [4.78, 5) is 25.9. The van der Waals surface area contributed by atoms with Crippen molar-refractivity contribution in [2.75, 3.05) is 18.0 Å². The lowest BCUT2D eigenvalue weighted by atomic mass is 10.00. The van der Waals surface area contributed by atoms with E-state index in [0.717, 1.165) is 0 Å². The predicted octanol–water partition coefficient (Wildman–Crippen LogP) is 3.35. The molecule has 5 rings (SSSR count). The van der Waals surface area contributed by atoms with Crippen molar-refractivity contribution < 1.29 is 27.0 Å². The zero-order valence-corrected chi connectivity index (χ0v) is 22.0. The highest BCUT2D eigenvalue weighted by Crippen LogP contribution is 2.48. The van der Waals surface area contributed by atoms with Crippen molar-refractivity contribution in [3.63, 3.8) is 0 Å². The van der Waals surface area contributed by atoms with E-state index >= 15 is 0 Å². The van der Waals surface area contributed by atoms with Gasteiger partial charge in [0.2, 0.25) is 0 Å². The third-order valence-corrected chi connectivity index (χ3v) is 7.48. The highest BCUT2D eigenvalue weighted by Gasteiger charge is 2.66. The number of nitrogens with zero attached hydrogens (tertiary/aromatic N) is 7. The van der Waals surface area contributed by atoms with Gasteiger partial charge >= 0.3 is 17.9 Å². The van der Waals surface area contributed by atoms with Crippen LogP contribution in [0.2, 0.25) is 0 Å². The number of hydrogen-bond donors (Lipinski definition) is 0. The van der Waals surface area contributed by atoms with Crippen LogP contribution in [0.15, 0.2) is 23.0 Å². The second-order valence-electron chi connectivity index (χ2n) is 10.0. The number of aromatic nitrogens is 4. The molecule has 4 heterocycles. The number of halogens is 4. The molecule has 1 saturated heterocycles. The Morgan fingerprint density at radius 2 is 1.72 bits per heavy atom. The second-order valence-corrected chi connectivity index (χ2v) is 10.0. The first-order chi connectivity index (χ1) is 18.3. The van der Waals surface area contributed by atoms with Crippen molar-refractivity contribution in [3.05, 3.63) is 40.1 Å². The van der Waals surface area contributed by atoms with E-state index in [0.29, 0.717) is 41.5 Å². The summed E-state index contributed by atoms with van der Waals surface area (Å²) in [5, 5.41) is 9.19. The van der Waals surface area contributed by atoms with E-state index in [-0.39, 0.29) is 24.5 Å². The van der Waals surface area contributed by atoms with Gasteiger partial charge in [0, 0.05) is 45.3 Å². The summed E-state index contributed by atoms with van der Waals surface area (Å²) in [6.45, 7) is 6.84. The van der Waals surface area contributed by atoms with Crippen LogP contribution in [0.4, 0.5) is 23.4 Å². The maximum Gasteiger partial charge on any atom is 0.507 e. The van der Waals surface area contributed by atoms with E-state index < -0.39 is 29.4 Å². The summed E-state index contributed by atoms with van der Waals surface area (Å²) in [6, 6.07) is 5.63. The fourth-order valence-electron chi connectivity index (χ4n) is 5.33. The van der Waals surface area contributed by atoms with Crippen molar-refractivity contribution in [1.29, 1.82) is 5.26 Å². The molecule has 14 heteroatoms. The van der Waals surface area contributed by atoms with Gasteiger partial charge in [-0.3, -0.25) is 9.47 Å². The van der Waals surface area contributed by atoms with E-state index in [1.165, 1.54) is 16.7 Å². The van der Waals surface area contributed by atoms with Crippen LogP contribution in [0.25, 0.3) is 11.2 Å². The number of alkyl halides is 4. The topological polar surface area (TPSA) is 101 Å². The molecule has 1 unspecified atom stereocenters. The van der Waals surface area contributed by atoms with Crippen LogP contribution in [0, 0.1) is 11.3 Å². The van der Waals surface area contributed by atoms with Crippen molar-refractivity contribution in [1.82, 2.24) is 24.0 Å². The molecular formula is C25H27F4N7O3. The first kappa shape index (κ1) is 26.7. The van der Waals surface area contributed by atoms with Gasteiger partial charge in [-0.1, -0.05) is 6.07 Å². The highest BCUT2D eigenvalue weighted by atomic mass is 19.3. The molecule has 2 aliphatic heterocycles. The molecule has 2 aliphatic rings. The quantitative estimate of drug-likeness (QED) is 0.457. The van der Waals surface area contributed by atoms with Crippen molar-refractivity contribution in [2.45, 2.75) is 57.5 Å². The summed E-state index contributed by atoms with van der Waals surface area (Å²) in [6.07, 6.45) is -9.48. The predicted molar refractivity (Wildman–Crippen MR) is 132 cm³/mol. The Bertz CT molecular complexity index is 1550. The van der Waals surface area contributed by atoms with E-state index in [4.69, 9.17) is 0 Å². The molecule has 3 aromatic rings. The van der Waals surface area contributed by atoms with Crippen LogP contribution < -0.4 is 20.1 Å². The molecule has 0 radical (unpaired) electrons. The van der Waals surface area contributed by atoms with E-state index in [1.807, 2.05) is 25.7 Å². The zero-order valence-electron chi connectivity index (χ0n) is 22.0. The SMILES string of the molecule is CC(c1ccc2c(c1)OC(F)(F)C(F)(F)O2)N1C[C@H](C)N(c2nc(=O)n(C)c3c2nc(CC#N)n3C)C[C@H]1C. The Kier molecular flexibility index (Phi) is 6.25. The van der Waals surface area contributed by atoms with Crippen LogP contribution in [0.3, 0.4) is 0 Å². The number of nitriles is 1. The molecule has 39 heavy (non-hydrogen) atoms. The summed E-state index contributed by atoms with van der Waals surface area (Å²) in [7, 11) is 3.36. The van der Waals surface area contributed by atoms with Gasteiger partial charge < -0.3 is 18.9 Å². The minimum absolute atomic E-state index is 0.0785. The minimum atomic E-state index is -4.79. The summed E-state index contributed by atoms with van der Waals surface area (Å²) < 4.78 is 66.2. The van der Waals surface area contributed by atoms with Crippen LogP contribution in [-0.4, -0.2) is 61.4 Å². The average molecular weight is 550 g/mol. The summed E-state index contributed by atoms with van der Waals surface area (Å²) >= 11 is 0. The lowest BCUT2D eigenvalue weighted by molar-refractivity contribution is -0.391. The number of anilines is 1. The smallest absolute Gasteiger partial charge is 0.421 e. The average Bonchev–Trinajstić information content (AvgIpc) is 3.18. The Morgan fingerprint density at radius 3 is 2.38 bits per heavy atom. The number of rotatable bonds is 4. The van der Waals surface area contributed by atoms with Gasteiger partial charge in [0.05, 0.1) is 12.5 Å². The van der Waals surface area contributed by atoms with Crippen molar-refractivity contribution in [2.24, 2.45) is 14.1 Å². The number of imidazole rings is 1. The molecule has 0 amide bonds. The third-order valence-electron chi connectivity index (χ3n) is 7.48. The Morgan fingerprint density at radius 1 is 1.05 bits per heavy atom. The summed E-state index contributed by atoms with van der Waals surface area (Å²) in [5.41, 5.74) is 1.23. The Balaban J connectivity index is 1.43. The van der Waals surface area contributed by atoms with Gasteiger partial charge in [0.15, 0.2) is 17.3 Å². The molecule has 0 aliphatic carbocycles. The second kappa shape index (κ2) is 9.11. The van der Waals surface area contributed by atoms with Crippen molar-refractivity contribution >= 4 is 17.0 Å². The maximum absolute atomic E-state index is 13.7. The number of piperazine rings is 1. The van der Waals surface area contributed by atoms with E-state index in [9.17, 15) is 27.6 Å². The van der Waals surface area contributed by atoms with Gasteiger partial charge in [-0.05, 0) is 38.5 Å². The minimum Gasteiger partial charge on any atom is -0.421 e. The number of benzene rings is 1. The van der Waals surface area contributed by atoms with Crippen molar-refractivity contribution in [3.8, 4) is 17.6 Å². The largest absolute Gasteiger partial charge is 0.507 e. The molecular weight excluding hydrogens is 522 g/mol. The van der Waals surface area contributed by atoms with Gasteiger partial charge in [0.25, 0.3) is 0 Å². The van der Waals surface area contributed by atoms with Gasteiger partial charge in [-0.25, -0.2) is 9.78 Å². The fraction of sp³-hybridized carbons (Fsp3) is 0.520. The maximum atomic E-state index is 13.7. The number of fused-ring (bicyclic) bond motifs is 2. The third kappa shape index (κ3) is 4.25. The van der Waals surface area contributed by atoms with Crippen LogP contribution >= 0.6 is 0 Å². The fourth-order valence-corrected chi connectivity index (χ4v) is 5.33. The normalized spacial score (nSPS) is 23.0. The number of aryl methyl sites for hydroxylation is 2. The highest BCUT2D eigenvalue weighted by molar-refractivity contribution is 5.84. The van der Waals surface area contributed by atoms with E-state index in [1.54, 1.807) is 24.7 Å². The van der Waals surface area contributed by atoms with Crippen LogP contribution in [-0.2, 0) is 20.5 Å². The first-order valence-electron chi connectivity index (χ1n) is 12.3. The number of ether oxygens (including phenoxy) is 2. The lowest BCUT2D eigenvalue weighted by Crippen LogP contribution is -2.57. The molecule has 1 aromatic carbocycles. The molecule has 0 saturated carbocycles. The van der Waals surface area contributed by atoms with Gasteiger partial charge in [0.1, 0.15) is 17.0 Å². The molecule has 10 nitrogen and oxygen atoms in total. The summed E-state index contributed by atoms with van der Waals surface area (Å²) in [5.74, 6) is 0.0401. The monoisotopic (exact) mass is 549 g/mol. The standard InChI is InChI=1S/C25H27F4N7O3/c1-13-12-36(21-20-22(34(5)23(37)32-21)33(4)19(31-20)8-9-30)14(2)11-35(13)15(3)16-6-7-17-18(10-16)39-25(28,29)24(26,27)38-17/h6-7,10,13-15H,8,11-12H2,1-5H3/t13-,14+,15?/m1/s1. The Hall–Kier alpha value is -3.86. The first-order valence-corrected chi connectivity index (χ1v) is 12.3. The van der Waals surface area contributed by atoms with Gasteiger partial charge in [-0.15, -0.1) is 0 Å². The Labute approximate surface area is 221 Å².